The molecular weight excluding hydrogens is 673 g/mol. The van der Waals surface area contributed by atoms with E-state index in [-0.39, 0.29) is 16.7 Å². The molecule has 1 N–H and O–H groups in total. The number of anilines is 1. The zero-order valence-electron chi connectivity index (χ0n) is 34.6. The molecule has 0 saturated heterocycles. The maximum Gasteiger partial charge on any atom is 0.226 e. The monoisotopic (exact) mass is 734 g/mol. The number of amides is 1. The molecule has 3 aromatic rings. The minimum atomic E-state index is -0.189. The summed E-state index contributed by atoms with van der Waals surface area (Å²) in [5.74, 6) is 1.71. The van der Waals surface area contributed by atoms with E-state index < -0.39 is 0 Å². The first-order chi connectivity index (χ1) is 26.3. The first-order valence-corrected chi connectivity index (χ1v) is 20.6. The van der Waals surface area contributed by atoms with Crippen molar-refractivity contribution in [2.75, 3.05) is 18.0 Å². The Morgan fingerprint density at radius 3 is 2.27 bits per heavy atom. The predicted octanol–water partition coefficient (Wildman–Crippen LogP) is 11.2. The lowest BCUT2D eigenvalue weighted by Crippen LogP contribution is -2.28. The van der Waals surface area contributed by atoms with Crippen molar-refractivity contribution in [3.05, 3.63) is 135 Å². The maximum absolute atomic E-state index is 11.9. The molecule has 2 aliphatic heterocycles. The SMILES string of the molecule is [B]NC(=O)CCCCN1C(=CC=C2CCCC(C=CC3=[N+](CCCCC)c4ccc(C)cc4C3(C)C)=C2Oc2ccc(C)cc2)C(C)(C)c2cc(C)ccc21. The molecule has 2 heterocycles. The molecule has 6 rings (SSSR count). The van der Waals surface area contributed by atoms with Crippen LogP contribution < -0.4 is 14.9 Å². The van der Waals surface area contributed by atoms with Crippen LogP contribution in [0.25, 0.3) is 0 Å². The van der Waals surface area contributed by atoms with Crippen LogP contribution in [0.3, 0.4) is 0 Å². The average Bonchev–Trinajstić information content (AvgIpc) is 3.50. The number of carbonyl (C=O) groups excluding carboxylic acids is 1. The predicted molar refractivity (Wildman–Crippen MR) is 231 cm³/mol. The van der Waals surface area contributed by atoms with Gasteiger partial charge in [0.15, 0.2) is 5.71 Å². The fourth-order valence-corrected chi connectivity index (χ4v) is 8.64. The summed E-state index contributed by atoms with van der Waals surface area (Å²) in [6.07, 6.45) is 18.1. The van der Waals surface area contributed by atoms with E-state index in [1.54, 1.807) is 0 Å². The second-order valence-electron chi connectivity index (χ2n) is 16.9. The smallest absolute Gasteiger partial charge is 0.226 e. The molecule has 3 aliphatic rings. The Kier molecular flexibility index (Phi) is 12.4. The van der Waals surface area contributed by atoms with E-state index in [2.05, 4.69) is 155 Å². The van der Waals surface area contributed by atoms with Crippen molar-refractivity contribution in [2.24, 2.45) is 0 Å². The van der Waals surface area contributed by atoms with Crippen LogP contribution >= 0.6 is 0 Å². The normalized spacial score (nSPS) is 18.8. The van der Waals surface area contributed by atoms with E-state index in [4.69, 9.17) is 12.7 Å². The van der Waals surface area contributed by atoms with Crippen LogP contribution in [0.5, 0.6) is 5.75 Å². The summed E-state index contributed by atoms with van der Waals surface area (Å²) in [4.78, 5) is 14.3. The number of nitrogens with one attached hydrogen (secondary N) is 1. The van der Waals surface area contributed by atoms with E-state index in [9.17, 15) is 4.79 Å². The second-order valence-corrected chi connectivity index (χ2v) is 16.9. The van der Waals surface area contributed by atoms with Crippen LogP contribution in [0.4, 0.5) is 11.4 Å². The summed E-state index contributed by atoms with van der Waals surface area (Å²) in [7, 11) is 5.36. The molecule has 3 aromatic carbocycles. The van der Waals surface area contributed by atoms with Crippen LogP contribution in [0.2, 0.25) is 0 Å². The standard InChI is InChI=1S/C49H61BN3O2/c1-9-10-12-30-52-42-26-20-35(3)32-40(42)48(5,6)44(52)28-22-37-15-14-16-38(47(37)55-39-24-18-34(2)19-25-39)23-29-45-49(7,8)41-33-36(4)21-27-43(41)53(45)31-13-11-17-46(54)51-50/h18-29,32-33H,9-17,30-31H2,1-8H3,(H,51,54)/q+1. The van der Waals surface area contributed by atoms with Gasteiger partial charge in [-0.1, -0.05) is 80.3 Å². The third-order valence-corrected chi connectivity index (χ3v) is 11.9. The van der Waals surface area contributed by atoms with Crippen LogP contribution in [0.15, 0.2) is 108 Å². The highest BCUT2D eigenvalue weighted by atomic mass is 16.5. The van der Waals surface area contributed by atoms with Crippen molar-refractivity contribution in [1.82, 2.24) is 5.23 Å². The van der Waals surface area contributed by atoms with Gasteiger partial charge in [-0.3, -0.25) is 4.79 Å². The molecule has 0 fully saturated rings. The number of benzene rings is 3. The van der Waals surface area contributed by atoms with Gasteiger partial charge >= 0.3 is 0 Å². The highest BCUT2D eigenvalue weighted by Gasteiger charge is 2.44. The molecule has 0 aromatic heterocycles. The van der Waals surface area contributed by atoms with E-state index in [1.165, 1.54) is 81.0 Å². The Hall–Kier alpha value is -4.58. The molecule has 2 radical (unpaired) electrons. The van der Waals surface area contributed by atoms with Crippen molar-refractivity contribution in [3.8, 4) is 5.75 Å². The van der Waals surface area contributed by atoms with Gasteiger partial charge in [0.2, 0.25) is 19.6 Å². The van der Waals surface area contributed by atoms with Gasteiger partial charge < -0.3 is 14.9 Å². The number of hydrogen-bond acceptors (Lipinski definition) is 3. The third-order valence-electron chi connectivity index (χ3n) is 11.9. The van der Waals surface area contributed by atoms with Crippen LogP contribution in [0.1, 0.15) is 120 Å². The highest BCUT2D eigenvalue weighted by Crippen LogP contribution is 2.48. The van der Waals surface area contributed by atoms with E-state index in [0.29, 0.717) is 6.42 Å². The summed E-state index contributed by atoms with van der Waals surface area (Å²) in [6, 6.07) is 22.2. The molecule has 0 spiro atoms. The number of carbonyl (C=O) groups is 1. The zero-order chi connectivity index (χ0) is 39.3. The molecular formula is C49H61BN3O2+. The van der Waals surface area contributed by atoms with Gasteiger partial charge in [0.1, 0.15) is 18.1 Å². The zero-order valence-corrected chi connectivity index (χ0v) is 34.6. The van der Waals surface area contributed by atoms with Gasteiger partial charge in [0.25, 0.3) is 0 Å². The Labute approximate surface area is 332 Å². The highest BCUT2D eigenvalue weighted by molar-refractivity contribution is 6.14. The van der Waals surface area contributed by atoms with Crippen molar-refractivity contribution in [2.45, 2.75) is 124 Å². The van der Waals surface area contributed by atoms with E-state index in [1.807, 2.05) is 0 Å². The first kappa shape index (κ1) is 40.1. The minimum absolute atomic E-state index is 0.112. The number of nitrogens with zero attached hydrogens (tertiary/aromatic N) is 2. The van der Waals surface area contributed by atoms with Gasteiger partial charge in [0, 0.05) is 53.9 Å². The molecule has 5 nitrogen and oxygen atoms in total. The molecule has 0 saturated carbocycles. The van der Waals surface area contributed by atoms with Crippen LogP contribution in [-0.2, 0) is 15.6 Å². The molecule has 0 unspecified atom stereocenters. The fraction of sp³-hybridized carbons (Fsp3) is 0.429. The van der Waals surface area contributed by atoms with Crippen molar-refractivity contribution < 1.29 is 14.1 Å². The van der Waals surface area contributed by atoms with Crippen LogP contribution in [-0.4, -0.2) is 37.3 Å². The van der Waals surface area contributed by atoms with Gasteiger partial charge in [-0.05, 0) is 126 Å². The molecule has 1 aliphatic carbocycles. The van der Waals surface area contributed by atoms with E-state index >= 15 is 0 Å². The lowest BCUT2D eigenvalue weighted by atomic mass is 9.80. The summed E-state index contributed by atoms with van der Waals surface area (Å²) in [5.41, 5.74) is 13.9. The summed E-state index contributed by atoms with van der Waals surface area (Å²) in [6.45, 7) is 20.0. The number of rotatable bonds is 14. The summed E-state index contributed by atoms with van der Waals surface area (Å²) in [5, 5.41) is 2.27. The molecule has 286 valence electrons. The molecule has 0 bridgehead atoms. The lowest BCUT2D eigenvalue weighted by molar-refractivity contribution is -0.438. The van der Waals surface area contributed by atoms with Gasteiger partial charge in [0.05, 0.1) is 5.41 Å². The fourth-order valence-electron chi connectivity index (χ4n) is 8.64. The summed E-state index contributed by atoms with van der Waals surface area (Å²) < 4.78 is 9.49. The Balaban J connectivity index is 1.42. The molecule has 6 heteroatoms. The summed E-state index contributed by atoms with van der Waals surface area (Å²) >= 11 is 0. The Morgan fingerprint density at radius 1 is 0.836 bits per heavy atom. The van der Waals surface area contributed by atoms with E-state index in [0.717, 1.165) is 56.7 Å². The largest absolute Gasteiger partial charge is 0.457 e. The average molecular weight is 735 g/mol. The molecule has 1 amide bonds. The number of unbranched alkanes of at least 4 members (excludes halogenated alkanes) is 3. The number of ether oxygens (including phenoxy) is 1. The number of aryl methyl sites for hydroxylation is 3. The lowest BCUT2D eigenvalue weighted by Gasteiger charge is -2.27. The van der Waals surface area contributed by atoms with Gasteiger partial charge in [-0.2, -0.15) is 4.58 Å². The van der Waals surface area contributed by atoms with Crippen LogP contribution in [0, 0.1) is 20.8 Å². The van der Waals surface area contributed by atoms with Crippen molar-refractivity contribution in [3.63, 3.8) is 0 Å². The van der Waals surface area contributed by atoms with Gasteiger partial charge in [-0.25, -0.2) is 0 Å². The molecule has 0 atom stereocenters. The quantitative estimate of drug-likeness (QED) is 0.102. The Bertz CT molecular complexity index is 2060. The molecule has 55 heavy (non-hydrogen) atoms. The first-order valence-electron chi connectivity index (χ1n) is 20.6. The minimum Gasteiger partial charge on any atom is -0.457 e. The number of hydrogen-bond donors (Lipinski definition) is 1. The number of fused-ring (bicyclic) bond motifs is 2. The maximum atomic E-state index is 11.9. The second kappa shape index (κ2) is 17.1. The third kappa shape index (κ3) is 8.64. The van der Waals surface area contributed by atoms with Crippen molar-refractivity contribution in [1.29, 1.82) is 0 Å². The topological polar surface area (TPSA) is 44.6 Å². The number of allylic oxidation sites excluding steroid dienone is 7. The Morgan fingerprint density at radius 2 is 1.55 bits per heavy atom. The van der Waals surface area contributed by atoms with Crippen molar-refractivity contribution >= 4 is 31.0 Å². The van der Waals surface area contributed by atoms with Gasteiger partial charge in [-0.15, -0.1) is 0 Å².